The van der Waals surface area contributed by atoms with E-state index in [1.807, 2.05) is 13.8 Å². The largest absolute Gasteiger partial charge is 0.331 e. The van der Waals surface area contributed by atoms with E-state index in [-0.39, 0.29) is 11.9 Å². The standard InChI is InChI=1S/C14H24N2O3/c1-4-6-7-9-10(3)16-13(18)11(8-5-2)12(17)15-14(16)19/h10-11H,4-9H2,1-3H3,(H,15,17,19). The second kappa shape index (κ2) is 7.26. The fourth-order valence-corrected chi connectivity index (χ4v) is 2.41. The number of imide groups is 2. The van der Waals surface area contributed by atoms with Crippen LogP contribution in [0.4, 0.5) is 4.79 Å². The number of carbonyl (C=O) groups is 3. The van der Waals surface area contributed by atoms with E-state index >= 15 is 0 Å². The van der Waals surface area contributed by atoms with Crippen molar-refractivity contribution >= 4 is 17.8 Å². The Morgan fingerprint density at radius 2 is 1.84 bits per heavy atom. The first-order valence-electron chi connectivity index (χ1n) is 7.20. The predicted octanol–water partition coefficient (Wildman–Crippen LogP) is 2.45. The number of unbranched alkanes of at least 4 members (excludes halogenated alkanes) is 2. The van der Waals surface area contributed by atoms with Crippen molar-refractivity contribution in [3.05, 3.63) is 0 Å². The molecule has 5 heteroatoms. The molecule has 1 N–H and O–H groups in total. The van der Waals surface area contributed by atoms with Gasteiger partial charge in [0.25, 0.3) is 0 Å². The Balaban J connectivity index is 2.71. The highest BCUT2D eigenvalue weighted by Gasteiger charge is 2.41. The van der Waals surface area contributed by atoms with Gasteiger partial charge < -0.3 is 0 Å². The molecule has 2 unspecified atom stereocenters. The average Bonchev–Trinajstić information content (AvgIpc) is 2.34. The molecule has 108 valence electrons. The molecule has 1 aliphatic heterocycles. The Morgan fingerprint density at radius 1 is 1.16 bits per heavy atom. The molecule has 2 atom stereocenters. The van der Waals surface area contributed by atoms with Crippen molar-refractivity contribution in [3.63, 3.8) is 0 Å². The fourth-order valence-electron chi connectivity index (χ4n) is 2.41. The van der Waals surface area contributed by atoms with Gasteiger partial charge in [-0.2, -0.15) is 0 Å². The summed E-state index contributed by atoms with van der Waals surface area (Å²) >= 11 is 0. The highest BCUT2D eigenvalue weighted by molar-refractivity contribution is 6.16. The smallest absolute Gasteiger partial charge is 0.277 e. The maximum atomic E-state index is 12.3. The molecule has 0 radical (unpaired) electrons. The molecule has 1 saturated heterocycles. The highest BCUT2D eigenvalue weighted by atomic mass is 16.2. The third kappa shape index (κ3) is 3.78. The van der Waals surface area contributed by atoms with E-state index in [0.717, 1.165) is 32.1 Å². The Bertz CT molecular complexity index is 355. The minimum atomic E-state index is -0.698. The van der Waals surface area contributed by atoms with Crippen LogP contribution in [0, 0.1) is 5.92 Å². The van der Waals surface area contributed by atoms with Crippen LogP contribution >= 0.6 is 0 Å². The van der Waals surface area contributed by atoms with E-state index in [1.54, 1.807) is 0 Å². The second-order valence-corrected chi connectivity index (χ2v) is 5.19. The van der Waals surface area contributed by atoms with Gasteiger partial charge in [0.05, 0.1) is 0 Å². The Labute approximate surface area is 114 Å². The van der Waals surface area contributed by atoms with Crippen LogP contribution in [-0.2, 0) is 9.59 Å². The van der Waals surface area contributed by atoms with Crippen LogP contribution in [0.15, 0.2) is 0 Å². The molecule has 19 heavy (non-hydrogen) atoms. The third-order valence-electron chi connectivity index (χ3n) is 3.54. The Kier molecular flexibility index (Phi) is 5.99. The fraction of sp³-hybridized carbons (Fsp3) is 0.786. The van der Waals surface area contributed by atoms with Crippen molar-refractivity contribution in [1.29, 1.82) is 0 Å². The number of urea groups is 1. The zero-order valence-electron chi connectivity index (χ0n) is 12.1. The Hall–Kier alpha value is -1.39. The minimum Gasteiger partial charge on any atom is -0.277 e. The number of hydrogen-bond acceptors (Lipinski definition) is 3. The number of amides is 4. The summed E-state index contributed by atoms with van der Waals surface area (Å²) in [6.07, 6.45) is 5.21. The van der Waals surface area contributed by atoms with Crippen molar-refractivity contribution in [2.45, 2.75) is 65.3 Å². The van der Waals surface area contributed by atoms with Crippen molar-refractivity contribution in [3.8, 4) is 0 Å². The lowest BCUT2D eigenvalue weighted by atomic mass is 9.97. The lowest BCUT2D eigenvalue weighted by Crippen LogP contribution is -2.60. The highest BCUT2D eigenvalue weighted by Crippen LogP contribution is 2.20. The summed E-state index contributed by atoms with van der Waals surface area (Å²) in [6, 6.07) is -0.710. The van der Waals surface area contributed by atoms with Gasteiger partial charge in [0.2, 0.25) is 11.8 Å². The van der Waals surface area contributed by atoms with Gasteiger partial charge in [0, 0.05) is 6.04 Å². The number of hydrogen-bond donors (Lipinski definition) is 1. The molecule has 0 aliphatic carbocycles. The van der Waals surface area contributed by atoms with E-state index in [4.69, 9.17) is 0 Å². The topological polar surface area (TPSA) is 66.5 Å². The number of barbiturate groups is 1. The minimum absolute atomic E-state index is 0.147. The summed E-state index contributed by atoms with van der Waals surface area (Å²) in [5, 5.41) is 2.29. The third-order valence-corrected chi connectivity index (χ3v) is 3.54. The maximum Gasteiger partial charge on any atom is 0.331 e. The monoisotopic (exact) mass is 268 g/mol. The summed E-state index contributed by atoms with van der Waals surface area (Å²) in [5.74, 6) is -1.48. The second-order valence-electron chi connectivity index (χ2n) is 5.19. The zero-order chi connectivity index (χ0) is 14.4. The number of nitrogens with zero attached hydrogens (tertiary/aromatic N) is 1. The van der Waals surface area contributed by atoms with Gasteiger partial charge in [-0.15, -0.1) is 0 Å². The summed E-state index contributed by atoms with van der Waals surface area (Å²) < 4.78 is 0. The van der Waals surface area contributed by atoms with Crippen LogP contribution < -0.4 is 5.32 Å². The van der Waals surface area contributed by atoms with Gasteiger partial charge in [-0.1, -0.05) is 39.5 Å². The molecular formula is C14H24N2O3. The molecule has 1 rings (SSSR count). The molecule has 0 spiro atoms. The first-order valence-corrected chi connectivity index (χ1v) is 7.20. The molecule has 1 fully saturated rings. The average molecular weight is 268 g/mol. The molecule has 1 heterocycles. The lowest BCUT2D eigenvalue weighted by molar-refractivity contribution is -0.144. The van der Waals surface area contributed by atoms with Crippen molar-refractivity contribution in [2.75, 3.05) is 0 Å². The van der Waals surface area contributed by atoms with Crippen LogP contribution in [0.3, 0.4) is 0 Å². The van der Waals surface area contributed by atoms with Crippen LogP contribution in [0.25, 0.3) is 0 Å². The van der Waals surface area contributed by atoms with Crippen molar-refractivity contribution in [2.24, 2.45) is 5.92 Å². The first-order chi connectivity index (χ1) is 9.02. The maximum absolute atomic E-state index is 12.3. The molecule has 0 aromatic rings. The van der Waals surface area contributed by atoms with Crippen molar-refractivity contribution in [1.82, 2.24) is 10.2 Å². The van der Waals surface area contributed by atoms with Crippen LogP contribution in [0.5, 0.6) is 0 Å². The van der Waals surface area contributed by atoms with Gasteiger partial charge in [0.1, 0.15) is 5.92 Å². The molecule has 0 aromatic heterocycles. The first kappa shape index (κ1) is 15.7. The van der Waals surface area contributed by atoms with E-state index in [1.165, 1.54) is 4.90 Å². The van der Waals surface area contributed by atoms with Crippen LogP contribution in [0.2, 0.25) is 0 Å². The Morgan fingerprint density at radius 3 is 2.42 bits per heavy atom. The molecule has 0 aromatic carbocycles. The number of nitrogens with one attached hydrogen (secondary N) is 1. The molecule has 0 saturated carbocycles. The quantitative estimate of drug-likeness (QED) is 0.569. The number of rotatable bonds is 7. The molecule has 1 aliphatic rings. The van der Waals surface area contributed by atoms with E-state index in [9.17, 15) is 14.4 Å². The van der Waals surface area contributed by atoms with Gasteiger partial charge in [0.15, 0.2) is 0 Å². The predicted molar refractivity (Wildman–Crippen MR) is 72.4 cm³/mol. The molecule has 0 bridgehead atoms. The molecule has 4 amide bonds. The SMILES string of the molecule is CCCCCC(C)N1C(=O)NC(=O)C(CCC)C1=O. The van der Waals surface area contributed by atoms with Gasteiger partial charge in [-0.3, -0.25) is 19.8 Å². The van der Waals surface area contributed by atoms with E-state index in [2.05, 4.69) is 12.2 Å². The van der Waals surface area contributed by atoms with E-state index in [0.29, 0.717) is 6.42 Å². The lowest BCUT2D eigenvalue weighted by Gasteiger charge is -2.34. The summed E-state index contributed by atoms with van der Waals surface area (Å²) in [4.78, 5) is 37.0. The van der Waals surface area contributed by atoms with Crippen molar-refractivity contribution < 1.29 is 14.4 Å². The zero-order valence-corrected chi connectivity index (χ0v) is 12.1. The van der Waals surface area contributed by atoms with Crippen LogP contribution in [-0.4, -0.2) is 28.8 Å². The summed E-state index contributed by atoms with van der Waals surface area (Å²) in [5.41, 5.74) is 0. The normalized spacial score (nSPS) is 21.5. The number of carbonyl (C=O) groups excluding carboxylic acids is 3. The van der Waals surface area contributed by atoms with Gasteiger partial charge in [-0.05, 0) is 19.8 Å². The summed E-state index contributed by atoms with van der Waals surface area (Å²) in [7, 11) is 0. The van der Waals surface area contributed by atoms with Gasteiger partial charge in [-0.25, -0.2) is 4.79 Å². The van der Waals surface area contributed by atoms with Gasteiger partial charge >= 0.3 is 6.03 Å². The molecular weight excluding hydrogens is 244 g/mol. The summed E-state index contributed by atoms with van der Waals surface area (Å²) in [6.45, 7) is 5.90. The molecule has 5 nitrogen and oxygen atoms in total. The van der Waals surface area contributed by atoms with Crippen LogP contribution in [0.1, 0.15) is 59.3 Å². The van der Waals surface area contributed by atoms with E-state index < -0.39 is 17.9 Å².